The molecule has 0 aliphatic heterocycles. The molecule has 2 atom stereocenters. The summed E-state index contributed by atoms with van der Waals surface area (Å²) in [5.41, 5.74) is 0.529. The summed E-state index contributed by atoms with van der Waals surface area (Å²) >= 11 is 0. The number of carbonyl (C=O) groups excluding carboxylic acids is 2. The lowest BCUT2D eigenvalue weighted by Crippen LogP contribution is -2.55. The average molecular weight is 348 g/mol. The van der Waals surface area contributed by atoms with Crippen LogP contribution in [-0.2, 0) is 0 Å². The Kier molecular flexibility index (Phi) is 5.73. The van der Waals surface area contributed by atoms with Gasteiger partial charge in [-0.05, 0) is 55.9 Å². The van der Waals surface area contributed by atoms with Gasteiger partial charge in [-0.3, -0.25) is 0 Å². The highest BCUT2D eigenvalue weighted by molar-refractivity contribution is 5.89. The van der Waals surface area contributed by atoms with Crippen molar-refractivity contribution in [2.45, 2.75) is 50.6 Å². The van der Waals surface area contributed by atoms with E-state index in [4.69, 9.17) is 0 Å². The first kappa shape index (κ1) is 17.5. The molecule has 1 aromatic rings. The van der Waals surface area contributed by atoms with Gasteiger partial charge in [-0.1, -0.05) is 12.8 Å². The SMILES string of the molecule is O=C(NCC1CC1)NC1CCCCC1NC(=O)Nc1ccc(F)cc1. The normalized spacial score (nSPS) is 22.8. The number of halogens is 1. The quantitative estimate of drug-likeness (QED) is 0.660. The summed E-state index contributed by atoms with van der Waals surface area (Å²) in [5.74, 6) is 0.284. The van der Waals surface area contributed by atoms with E-state index < -0.39 is 0 Å². The summed E-state index contributed by atoms with van der Waals surface area (Å²) in [5, 5.41) is 11.5. The number of urea groups is 2. The fourth-order valence-electron chi connectivity index (χ4n) is 3.12. The molecular formula is C18H25FN4O2. The first-order chi connectivity index (χ1) is 12.1. The summed E-state index contributed by atoms with van der Waals surface area (Å²) in [7, 11) is 0. The third kappa shape index (κ3) is 5.62. The Morgan fingerprint density at radius 3 is 2.12 bits per heavy atom. The van der Waals surface area contributed by atoms with Gasteiger partial charge in [0.15, 0.2) is 0 Å². The van der Waals surface area contributed by atoms with Crippen LogP contribution in [0.15, 0.2) is 24.3 Å². The molecule has 2 aliphatic rings. The molecule has 2 fully saturated rings. The van der Waals surface area contributed by atoms with E-state index >= 15 is 0 Å². The van der Waals surface area contributed by atoms with Crippen LogP contribution >= 0.6 is 0 Å². The topological polar surface area (TPSA) is 82.3 Å². The maximum atomic E-state index is 12.9. The second-order valence-corrected chi connectivity index (χ2v) is 6.90. The van der Waals surface area contributed by atoms with Crippen molar-refractivity contribution in [3.63, 3.8) is 0 Å². The predicted octanol–water partition coefficient (Wildman–Crippen LogP) is 2.97. The van der Waals surface area contributed by atoms with Crippen LogP contribution in [0.4, 0.5) is 19.7 Å². The fourth-order valence-corrected chi connectivity index (χ4v) is 3.12. The molecule has 2 aliphatic carbocycles. The molecule has 7 heteroatoms. The van der Waals surface area contributed by atoms with E-state index in [1.807, 2.05) is 0 Å². The highest BCUT2D eigenvalue weighted by Crippen LogP contribution is 2.27. The van der Waals surface area contributed by atoms with Gasteiger partial charge in [0.2, 0.25) is 0 Å². The minimum Gasteiger partial charge on any atom is -0.338 e. The monoisotopic (exact) mass is 348 g/mol. The second kappa shape index (κ2) is 8.18. The molecule has 0 saturated heterocycles. The average Bonchev–Trinajstić information content (AvgIpc) is 3.41. The van der Waals surface area contributed by atoms with Crippen LogP contribution in [0.5, 0.6) is 0 Å². The minimum atomic E-state index is -0.347. The summed E-state index contributed by atoms with van der Waals surface area (Å²) in [6.07, 6.45) is 6.10. The van der Waals surface area contributed by atoms with Gasteiger partial charge in [-0.2, -0.15) is 0 Å². The summed E-state index contributed by atoms with van der Waals surface area (Å²) in [6.45, 7) is 0.724. The summed E-state index contributed by atoms with van der Waals surface area (Å²) in [6, 6.07) is 4.92. The van der Waals surface area contributed by atoms with Crippen LogP contribution in [0, 0.1) is 11.7 Å². The van der Waals surface area contributed by atoms with Crippen LogP contribution in [0.1, 0.15) is 38.5 Å². The van der Waals surface area contributed by atoms with Crippen molar-refractivity contribution in [3.8, 4) is 0 Å². The van der Waals surface area contributed by atoms with E-state index in [-0.39, 0.29) is 30.0 Å². The van der Waals surface area contributed by atoms with Gasteiger partial charge in [0.1, 0.15) is 5.82 Å². The molecule has 2 unspecified atom stereocenters. The van der Waals surface area contributed by atoms with E-state index in [0.717, 1.165) is 32.2 Å². The van der Waals surface area contributed by atoms with Crippen molar-refractivity contribution in [2.75, 3.05) is 11.9 Å². The first-order valence-corrected chi connectivity index (χ1v) is 8.97. The van der Waals surface area contributed by atoms with Crippen LogP contribution in [0.25, 0.3) is 0 Å². The largest absolute Gasteiger partial charge is 0.338 e. The van der Waals surface area contributed by atoms with E-state index in [0.29, 0.717) is 11.6 Å². The molecule has 0 radical (unpaired) electrons. The Hall–Kier alpha value is -2.31. The predicted molar refractivity (Wildman–Crippen MR) is 93.9 cm³/mol. The fraction of sp³-hybridized carbons (Fsp3) is 0.556. The summed E-state index contributed by atoms with van der Waals surface area (Å²) in [4.78, 5) is 24.2. The molecule has 4 amide bonds. The first-order valence-electron chi connectivity index (χ1n) is 8.97. The van der Waals surface area contributed by atoms with E-state index in [9.17, 15) is 14.0 Å². The van der Waals surface area contributed by atoms with Gasteiger partial charge in [0.05, 0.1) is 12.1 Å². The molecule has 0 aromatic heterocycles. The van der Waals surface area contributed by atoms with Gasteiger partial charge in [-0.25, -0.2) is 14.0 Å². The zero-order chi connectivity index (χ0) is 17.6. The molecule has 0 spiro atoms. The lowest BCUT2D eigenvalue weighted by molar-refractivity contribution is 0.218. The Morgan fingerprint density at radius 2 is 1.52 bits per heavy atom. The standard InChI is InChI=1S/C18H25FN4O2/c19-13-7-9-14(10-8-13)21-18(25)23-16-4-2-1-3-15(16)22-17(24)20-11-12-5-6-12/h7-10,12,15-16H,1-6,11H2,(H2,20,22,24)(H2,21,23,25). The van der Waals surface area contributed by atoms with Gasteiger partial charge < -0.3 is 21.3 Å². The lowest BCUT2D eigenvalue weighted by atomic mass is 9.90. The number of benzene rings is 1. The van der Waals surface area contributed by atoms with Crippen LogP contribution in [0.3, 0.4) is 0 Å². The molecule has 1 aromatic carbocycles. The zero-order valence-corrected chi connectivity index (χ0v) is 14.2. The molecule has 3 rings (SSSR count). The number of hydrogen-bond acceptors (Lipinski definition) is 2. The molecule has 2 saturated carbocycles. The number of amides is 4. The van der Waals surface area contributed by atoms with Crippen molar-refractivity contribution >= 4 is 17.7 Å². The van der Waals surface area contributed by atoms with Crippen LogP contribution < -0.4 is 21.3 Å². The zero-order valence-electron chi connectivity index (χ0n) is 14.2. The molecule has 25 heavy (non-hydrogen) atoms. The Morgan fingerprint density at radius 1 is 0.920 bits per heavy atom. The Bertz CT molecular complexity index is 604. The Labute approximate surface area is 146 Å². The maximum Gasteiger partial charge on any atom is 0.319 e. The number of rotatable bonds is 5. The highest BCUT2D eigenvalue weighted by atomic mass is 19.1. The van der Waals surface area contributed by atoms with Crippen molar-refractivity contribution in [3.05, 3.63) is 30.1 Å². The molecule has 0 heterocycles. The third-order valence-corrected chi connectivity index (χ3v) is 4.75. The third-order valence-electron chi connectivity index (χ3n) is 4.75. The van der Waals surface area contributed by atoms with Crippen molar-refractivity contribution in [1.29, 1.82) is 0 Å². The van der Waals surface area contributed by atoms with Gasteiger partial charge in [-0.15, -0.1) is 0 Å². The molecule has 136 valence electrons. The van der Waals surface area contributed by atoms with Gasteiger partial charge in [0.25, 0.3) is 0 Å². The lowest BCUT2D eigenvalue weighted by Gasteiger charge is -2.32. The highest BCUT2D eigenvalue weighted by Gasteiger charge is 2.28. The van der Waals surface area contributed by atoms with Crippen LogP contribution in [0.2, 0.25) is 0 Å². The molecule has 4 N–H and O–H groups in total. The Balaban J connectivity index is 1.48. The van der Waals surface area contributed by atoms with Crippen LogP contribution in [-0.4, -0.2) is 30.7 Å². The number of nitrogens with one attached hydrogen (secondary N) is 4. The smallest absolute Gasteiger partial charge is 0.319 e. The second-order valence-electron chi connectivity index (χ2n) is 6.90. The van der Waals surface area contributed by atoms with Crippen molar-refractivity contribution in [1.82, 2.24) is 16.0 Å². The molecule has 6 nitrogen and oxygen atoms in total. The van der Waals surface area contributed by atoms with Crippen molar-refractivity contribution in [2.24, 2.45) is 5.92 Å². The van der Waals surface area contributed by atoms with E-state index in [1.54, 1.807) is 0 Å². The number of carbonyl (C=O) groups is 2. The van der Waals surface area contributed by atoms with E-state index in [2.05, 4.69) is 21.3 Å². The van der Waals surface area contributed by atoms with E-state index in [1.165, 1.54) is 37.1 Å². The maximum absolute atomic E-state index is 12.9. The summed E-state index contributed by atoms with van der Waals surface area (Å²) < 4.78 is 12.9. The minimum absolute atomic E-state index is 0.0769. The molecule has 0 bridgehead atoms. The van der Waals surface area contributed by atoms with Gasteiger partial charge >= 0.3 is 12.1 Å². The number of hydrogen-bond donors (Lipinski definition) is 4. The van der Waals surface area contributed by atoms with Gasteiger partial charge in [0, 0.05) is 12.2 Å². The van der Waals surface area contributed by atoms with Crippen molar-refractivity contribution < 1.29 is 14.0 Å². The number of anilines is 1. The molecular weight excluding hydrogens is 323 g/mol.